The normalized spacial score (nSPS) is 14.8. The fraction of sp³-hybridized carbons (Fsp3) is 0.533. The second-order valence-corrected chi connectivity index (χ2v) is 5.17. The van der Waals surface area contributed by atoms with Gasteiger partial charge in [0.15, 0.2) is 0 Å². The van der Waals surface area contributed by atoms with Crippen LogP contribution in [0.3, 0.4) is 0 Å². The first-order chi connectivity index (χ1) is 8.33. The van der Waals surface area contributed by atoms with Crippen LogP contribution in [0, 0.1) is 0 Å². The van der Waals surface area contributed by atoms with E-state index in [0.717, 1.165) is 5.56 Å². The Balaban J connectivity index is 3.19. The molecule has 0 heterocycles. The quantitative estimate of drug-likeness (QED) is 0.872. The highest BCUT2D eigenvalue weighted by molar-refractivity contribution is 5.80. The SMILES string of the molecule is CCN(C)C(C)(C(=O)O)c1ccc(C(C)C)cc1. The van der Waals surface area contributed by atoms with Crippen LogP contribution in [0.5, 0.6) is 0 Å². The summed E-state index contributed by atoms with van der Waals surface area (Å²) in [4.78, 5) is 13.4. The van der Waals surface area contributed by atoms with E-state index >= 15 is 0 Å². The lowest BCUT2D eigenvalue weighted by Gasteiger charge is -2.34. The van der Waals surface area contributed by atoms with E-state index in [1.54, 1.807) is 6.92 Å². The molecule has 1 unspecified atom stereocenters. The van der Waals surface area contributed by atoms with Crippen LogP contribution in [0.15, 0.2) is 24.3 Å². The van der Waals surface area contributed by atoms with Crippen molar-refractivity contribution < 1.29 is 9.90 Å². The number of carboxylic acids is 1. The van der Waals surface area contributed by atoms with Crippen LogP contribution < -0.4 is 0 Å². The van der Waals surface area contributed by atoms with Crippen LogP contribution in [-0.4, -0.2) is 29.6 Å². The van der Waals surface area contributed by atoms with Crippen molar-refractivity contribution in [1.82, 2.24) is 4.90 Å². The maximum atomic E-state index is 11.6. The summed E-state index contributed by atoms with van der Waals surface area (Å²) in [7, 11) is 1.84. The van der Waals surface area contributed by atoms with E-state index in [0.29, 0.717) is 12.5 Å². The van der Waals surface area contributed by atoms with Crippen molar-refractivity contribution >= 4 is 5.97 Å². The molecule has 3 nitrogen and oxygen atoms in total. The van der Waals surface area contributed by atoms with Gasteiger partial charge in [0.05, 0.1) is 0 Å². The minimum Gasteiger partial charge on any atom is -0.480 e. The second kappa shape index (κ2) is 5.53. The van der Waals surface area contributed by atoms with Crippen molar-refractivity contribution in [2.75, 3.05) is 13.6 Å². The Hall–Kier alpha value is -1.35. The third kappa shape index (κ3) is 2.56. The van der Waals surface area contributed by atoms with E-state index in [-0.39, 0.29) is 0 Å². The van der Waals surface area contributed by atoms with Crippen molar-refractivity contribution in [1.29, 1.82) is 0 Å². The van der Waals surface area contributed by atoms with Gasteiger partial charge in [0.2, 0.25) is 0 Å². The van der Waals surface area contributed by atoms with Gasteiger partial charge in [0, 0.05) is 0 Å². The molecule has 0 aromatic heterocycles. The summed E-state index contributed by atoms with van der Waals surface area (Å²) in [5.74, 6) is -0.358. The highest BCUT2D eigenvalue weighted by Crippen LogP contribution is 2.28. The van der Waals surface area contributed by atoms with Gasteiger partial charge in [-0.1, -0.05) is 45.0 Å². The molecule has 0 bridgehead atoms. The number of carboxylic acid groups (broad SMARTS) is 1. The molecule has 100 valence electrons. The predicted molar refractivity (Wildman–Crippen MR) is 73.8 cm³/mol. The van der Waals surface area contributed by atoms with E-state index in [9.17, 15) is 9.90 Å². The average molecular weight is 249 g/mol. The minimum atomic E-state index is -0.968. The lowest BCUT2D eigenvalue weighted by atomic mass is 9.88. The van der Waals surface area contributed by atoms with E-state index in [1.165, 1.54) is 5.56 Å². The molecule has 0 aliphatic rings. The maximum Gasteiger partial charge on any atom is 0.328 e. The zero-order valence-corrected chi connectivity index (χ0v) is 11.9. The maximum absolute atomic E-state index is 11.6. The zero-order valence-electron chi connectivity index (χ0n) is 11.9. The van der Waals surface area contributed by atoms with Gasteiger partial charge < -0.3 is 5.11 Å². The van der Waals surface area contributed by atoms with Gasteiger partial charge in [-0.05, 0) is 37.6 Å². The van der Waals surface area contributed by atoms with Crippen LogP contribution in [0.1, 0.15) is 44.7 Å². The Morgan fingerprint density at radius 3 is 2.17 bits per heavy atom. The van der Waals surface area contributed by atoms with Gasteiger partial charge >= 0.3 is 5.97 Å². The van der Waals surface area contributed by atoms with Gasteiger partial charge in [-0.25, -0.2) is 4.79 Å². The van der Waals surface area contributed by atoms with E-state index < -0.39 is 11.5 Å². The number of hydrogen-bond donors (Lipinski definition) is 1. The molecule has 0 aliphatic carbocycles. The first kappa shape index (κ1) is 14.7. The van der Waals surface area contributed by atoms with Crippen LogP contribution >= 0.6 is 0 Å². The highest BCUT2D eigenvalue weighted by atomic mass is 16.4. The first-order valence-corrected chi connectivity index (χ1v) is 6.39. The molecule has 1 N–H and O–H groups in total. The van der Waals surface area contributed by atoms with Crippen molar-refractivity contribution in [3.8, 4) is 0 Å². The standard InChI is InChI=1S/C15H23NO2/c1-6-16(5)15(4,14(17)18)13-9-7-12(8-10-13)11(2)3/h7-11H,6H2,1-5H3,(H,17,18). The summed E-state index contributed by atoms with van der Waals surface area (Å²) in [6.07, 6.45) is 0. The number of hydrogen-bond acceptors (Lipinski definition) is 2. The molecule has 0 saturated carbocycles. The Kier molecular flexibility index (Phi) is 4.52. The molecule has 1 atom stereocenters. The number of likely N-dealkylation sites (N-methyl/N-ethyl adjacent to an activating group) is 1. The molecule has 0 spiro atoms. The Morgan fingerprint density at radius 1 is 1.33 bits per heavy atom. The number of carbonyl (C=O) groups is 1. The van der Waals surface area contributed by atoms with Crippen LogP contribution in [-0.2, 0) is 10.3 Å². The second-order valence-electron chi connectivity index (χ2n) is 5.17. The molecule has 18 heavy (non-hydrogen) atoms. The summed E-state index contributed by atoms with van der Waals surface area (Å²) >= 11 is 0. The molecule has 1 aromatic rings. The van der Waals surface area contributed by atoms with Crippen LogP contribution in [0.4, 0.5) is 0 Å². The first-order valence-electron chi connectivity index (χ1n) is 6.39. The van der Waals surface area contributed by atoms with Crippen molar-refractivity contribution in [3.63, 3.8) is 0 Å². The van der Waals surface area contributed by atoms with Crippen molar-refractivity contribution in [3.05, 3.63) is 35.4 Å². The molecule has 0 saturated heterocycles. The van der Waals surface area contributed by atoms with Gasteiger partial charge in [0.25, 0.3) is 0 Å². The summed E-state index contributed by atoms with van der Waals surface area (Å²) in [6, 6.07) is 7.89. The molecule has 0 radical (unpaired) electrons. The van der Waals surface area contributed by atoms with E-state index in [1.807, 2.05) is 43.1 Å². The van der Waals surface area contributed by atoms with Crippen LogP contribution in [0.2, 0.25) is 0 Å². The van der Waals surface area contributed by atoms with Crippen molar-refractivity contribution in [2.45, 2.75) is 39.2 Å². The van der Waals surface area contributed by atoms with Gasteiger partial charge in [0.1, 0.15) is 5.54 Å². The Morgan fingerprint density at radius 2 is 1.83 bits per heavy atom. The lowest BCUT2D eigenvalue weighted by molar-refractivity contribution is -0.150. The Bertz CT molecular complexity index is 411. The van der Waals surface area contributed by atoms with Crippen molar-refractivity contribution in [2.24, 2.45) is 0 Å². The number of rotatable bonds is 5. The predicted octanol–water partition coefficient (Wildman–Crippen LogP) is 3.06. The van der Waals surface area contributed by atoms with Gasteiger partial charge in [-0.3, -0.25) is 4.90 Å². The third-order valence-corrected chi connectivity index (χ3v) is 3.79. The number of nitrogens with zero attached hydrogens (tertiary/aromatic N) is 1. The number of aliphatic carboxylic acids is 1. The molecule has 0 aliphatic heterocycles. The summed E-state index contributed by atoms with van der Waals surface area (Å²) in [5.41, 5.74) is 1.08. The fourth-order valence-corrected chi connectivity index (χ4v) is 2.02. The lowest BCUT2D eigenvalue weighted by Crippen LogP contribution is -2.47. The monoisotopic (exact) mass is 249 g/mol. The van der Waals surface area contributed by atoms with Crippen LogP contribution in [0.25, 0.3) is 0 Å². The molecule has 0 amide bonds. The molecule has 1 aromatic carbocycles. The summed E-state index contributed by atoms with van der Waals surface area (Å²) in [5, 5.41) is 9.52. The summed E-state index contributed by atoms with van der Waals surface area (Å²) < 4.78 is 0. The molecule has 3 heteroatoms. The minimum absolute atomic E-state index is 0.457. The van der Waals surface area contributed by atoms with Gasteiger partial charge in [-0.2, -0.15) is 0 Å². The third-order valence-electron chi connectivity index (χ3n) is 3.79. The summed E-state index contributed by atoms with van der Waals surface area (Å²) in [6.45, 7) is 8.66. The zero-order chi connectivity index (χ0) is 13.9. The van der Waals surface area contributed by atoms with E-state index in [4.69, 9.17) is 0 Å². The smallest absolute Gasteiger partial charge is 0.328 e. The molecule has 1 rings (SSSR count). The largest absolute Gasteiger partial charge is 0.480 e. The molecular formula is C15H23NO2. The Labute approximate surface area is 109 Å². The molecule has 0 fully saturated rings. The number of benzene rings is 1. The van der Waals surface area contributed by atoms with Gasteiger partial charge in [-0.15, -0.1) is 0 Å². The van der Waals surface area contributed by atoms with E-state index in [2.05, 4.69) is 13.8 Å². The topological polar surface area (TPSA) is 40.5 Å². The molecular weight excluding hydrogens is 226 g/mol. The highest BCUT2D eigenvalue weighted by Gasteiger charge is 2.38. The fourth-order valence-electron chi connectivity index (χ4n) is 2.02. The average Bonchev–Trinajstić information content (AvgIpc) is 2.36.